The molecule has 0 unspecified atom stereocenters. The van der Waals surface area contributed by atoms with Gasteiger partial charge in [-0.1, -0.05) is 24.9 Å². The van der Waals surface area contributed by atoms with Crippen LogP contribution in [-0.2, 0) is 0 Å². The molecule has 1 rings (SSSR count). The topological polar surface area (TPSA) is 26.0 Å². The Morgan fingerprint density at radius 2 is 2.40 bits per heavy atom. The van der Waals surface area contributed by atoms with Crippen LogP contribution < -0.4 is 0 Å². The van der Waals surface area contributed by atoms with E-state index in [4.69, 9.17) is 4.52 Å². The molecule has 1 aromatic heterocycles. The van der Waals surface area contributed by atoms with E-state index in [1.54, 1.807) is 12.3 Å². The van der Waals surface area contributed by atoms with Gasteiger partial charge in [-0.25, -0.2) is 0 Å². The molecular weight excluding hydrogens is 126 g/mol. The minimum Gasteiger partial charge on any atom is -0.348 e. The van der Waals surface area contributed by atoms with Crippen molar-refractivity contribution in [3.8, 4) is 11.8 Å². The van der Waals surface area contributed by atoms with Crippen molar-refractivity contribution >= 4 is 0 Å². The van der Waals surface area contributed by atoms with Gasteiger partial charge in [-0.15, -0.1) is 0 Å². The van der Waals surface area contributed by atoms with Crippen LogP contribution >= 0.6 is 0 Å². The zero-order valence-corrected chi connectivity index (χ0v) is 6.09. The molecule has 0 aliphatic carbocycles. The summed E-state index contributed by atoms with van der Waals surface area (Å²) in [7, 11) is 0. The summed E-state index contributed by atoms with van der Waals surface area (Å²) < 4.78 is 4.76. The SMILES string of the molecule is CC(C)C#Cc1ccno1. The van der Waals surface area contributed by atoms with E-state index in [-0.39, 0.29) is 0 Å². The minimum atomic E-state index is 0.380. The Kier molecular flexibility index (Phi) is 2.11. The summed E-state index contributed by atoms with van der Waals surface area (Å²) in [5.41, 5.74) is 0. The second-order valence-corrected chi connectivity index (χ2v) is 2.30. The van der Waals surface area contributed by atoms with E-state index in [9.17, 15) is 0 Å². The second kappa shape index (κ2) is 3.07. The van der Waals surface area contributed by atoms with Gasteiger partial charge in [0.1, 0.15) is 0 Å². The normalized spacial score (nSPS) is 9.10. The van der Waals surface area contributed by atoms with Crippen molar-refractivity contribution in [1.29, 1.82) is 0 Å². The lowest BCUT2D eigenvalue weighted by Gasteiger charge is -1.84. The summed E-state index contributed by atoms with van der Waals surface area (Å²) in [6.45, 7) is 4.06. The Morgan fingerprint density at radius 1 is 1.60 bits per heavy atom. The van der Waals surface area contributed by atoms with E-state index in [1.165, 1.54) is 0 Å². The molecular formula is C8H9NO. The van der Waals surface area contributed by atoms with E-state index >= 15 is 0 Å². The first-order valence-electron chi connectivity index (χ1n) is 3.21. The van der Waals surface area contributed by atoms with Crippen molar-refractivity contribution in [2.45, 2.75) is 13.8 Å². The first-order chi connectivity index (χ1) is 4.79. The van der Waals surface area contributed by atoms with Gasteiger partial charge in [0.05, 0.1) is 6.20 Å². The van der Waals surface area contributed by atoms with Crippen molar-refractivity contribution in [3.05, 3.63) is 18.0 Å². The predicted molar refractivity (Wildman–Crippen MR) is 38.2 cm³/mol. The molecule has 0 aliphatic rings. The molecule has 52 valence electrons. The van der Waals surface area contributed by atoms with Crippen LogP contribution in [0.25, 0.3) is 0 Å². The Hall–Kier alpha value is -1.23. The van der Waals surface area contributed by atoms with Gasteiger partial charge in [-0.3, -0.25) is 0 Å². The van der Waals surface area contributed by atoms with Gasteiger partial charge >= 0.3 is 0 Å². The lowest BCUT2D eigenvalue weighted by Crippen LogP contribution is -1.77. The molecule has 10 heavy (non-hydrogen) atoms. The Labute approximate surface area is 60.2 Å². The van der Waals surface area contributed by atoms with Crippen LogP contribution in [0.15, 0.2) is 16.8 Å². The van der Waals surface area contributed by atoms with Crippen molar-refractivity contribution < 1.29 is 4.52 Å². The van der Waals surface area contributed by atoms with Gasteiger partial charge in [-0.2, -0.15) is 0 Å². The predicted octanol–water partition coefficient (Wildman–Crippen LogP) is 1.68. The smallest absolute Gasteiger partial charge is 0.209 e. The molecule has 0 bridgehead atoms. The molecule has 0 N–H and O–H groups in total. The van der Waals surface area contributed by atoms with Crippen molar-refractivity contribution in [3.63, 3.8) is 0 Å². The fourth-order valence-corrected chi connectivity index (χ4v) is 0.496. The van der Waals surface area contributed by atoms with Crippen LogP contribution in [0, 0.1) is 17.8 Å². The van der Waals surface area contributed by atoms with Crippen LogP contribution in [0.3, 0.4) is 0 Å². The highest BCUT2D eigenvalue weighted by molar-refractivity contribution is 5.23. The molecule has 0 fully saturated rings. The summed E-state index contributed by atoms with van der Waals surface area (Å²) in [5.74, 6) is 6.82. The first-order valence-corrected chi connectivity index (χ1v) is 3.21. The Balaban J connectivity index is 2.66. The summed E-state index contributed by atoms with van der Waals surface area (Å²) in [4.78, 5) is 0. The van der Waals surface area contributed by atoms with E-state index < -0.39 is 0 Å². The maximum atomic E-state index is 4.76. The van der Waals surface area contributed by atoms with Gasteiger partial charge in [0.25, 0.3) is 0 Å². The van der Waals surface area contributed by atoms with E-state index in [0.717, 1.165) is 0 Å². The maximum absolute atomic E-state index is 4.76. The molecule has 0 radical (unpaired) electrons. The summed E-state index contributed by atoms with van der Waals surface area (Å²) in [6.07, 6.45) is 1.59. The van der Waals surface area contributed by atoms with Crippen molar-refractivity contribution in [1.82, 2.24) is 5.16 Å². The molecule has 2 nitrogen and oxygen atoms in total. The van der Waals surface area contributed by atoms with Crippen LogP contribution in [0.1, 0.15) is 19.6 Å². The van der Waals surface area contributed by atoms with Crippen molar-refractivity contribution in [2.75, 3.05) is 0 Å². The highest BCUT2D eigenvalue weighted by Gasteiger charge is 1.87. The lowest BCUT2D eigenvalue weighted by atomic mass is 10.2. The quantitative estimate of drug-likeness (QED) is 0.506. The largest absolute Gasteiger partial charge is 0.348 e. The number of hydrogen-bond acceptors (Lipinski definition) is 2. The Bertz CT molecular complexity index is 238. The fraction of sp³-hybridized carbons (Fsp3) is 0.375. The Morgan fingerprint density at radius 3 is 2.90 bits per heavy atom. The molecule has 0 saturated carbocycles. The molecule has 2 heteroatoms. The number of hydrogen-bond donors (Lipinski definition) is 0. The molecule has 1 aromatic rings. The third-order valence-electron chi connectivity index (χ3n) is 0.922. The average Bonchev–Trinajstić information content (AvgIpc) is 2.34. The lowest BCUT2D eigenvalue weighted by molar-refractivity contribution is 0.411. The van der Waals surface area contributed by atoms with Crippen LogP contribution in [-0.4, -0.2) is 5.16 Å². The third-order valence-corrected chi connectivity index (χ3v) is 0.922. The molecule has 0 aromatic carbocycles. The fourth-order valence-electron chi connectivity index (χ4n) is 0.496. The zero-order chi connectivity index (χ0) is 7.40. The summed E-state index contributed by atoms with van der Waals surface area (Å²) in [5, 5.41) is 3.52. The summed E-state index contributed by atoms with van der Waals surface area (Å²) >= 11 is 0. The van der Waals surface area contributed by atoms with Crippen molar-refractivity contribution in [2.24, 2.45) is 5.92 Å². The van der Waals surface area contributed by atoms with Crippen LogP contribution in [0.4, 0.5) is 0 Å². The second-order valence-electron chi connectivity index (χ2n) is 2.30. The van der Waals surface area contributed by atoms with Gasteiger partial charge in [0.15, 0.2) is 0 Å². The molecule has 0 amide bonds. The number of nitrogens with zero attached hydrogens (tertiary/aromatic N) is 1. The van der Waals surface area contributed by atoms with Gasteiger partial charge in [0.2, 0.25) is 5.76 Å². The average molecular weight is 135 g/mol. The zero-order valence-electron chi connectivity index (χ0n) is 6.09. The molecule has 0 aliphatic heterocycles. The summed E-state index contributed by atoms with van der Waals surface area (Å²) in [6, 6.07) is 1.75. The van der Waals surface area contributed by atoms with Gasteiger partial charge in [0, 0.05) is 12.0 Å². The highest BCUT2D eigenvalue weighted by atomic mass is 16.5. The molecule has 1 heterocycles. The van der Waals surface area contributed by atoms with E-state index in [0.29, 0.717) is 11.7 Å². The third kappa shape index (κ3) is 1.94. The molecule has 0 spiro atoms. The number of rotatable bonds is 0. The first kappa shape index (κ1) is 6.88. The van der Waals surface area contributed by atoms with Crippen LogP contribution in [0.5, 0.6) is 0 Å². The molecule has 0 atom stereocenters. The van der Waals surface area contributed by atoms with Gasteiger partial charge in [-0.05, 0) is 5.92 Å². The molecule has 0 saturated heterocycles. The maximum Gasteiger partial charge on any atom is 0.209 e. The van der Waals surface area contributed by atoms with E-state index in [2.05, 4.69) is 17.0 Å². The van der Waals surface area contributed by atoms with E-state index in [1.807, 2.05) is 13.8 Å². The minimum absolute atomic E-state index is 0.380. The van der Waals surface area contributed by atoms with Crippen LogP contribution in [0.2, 0.25) is 0 Å². The monoisotopic (exact) mass is 135 g/mol. The van der Waals surface area contributed by atoms with Gasteiger partial charge < -0.3 is 4.52 Å². The standard InChI is InChI=1S/C8H9NO/c1-7(2)3-4-8-5-6-9-10-8/h5-7H,1-2H3. The highest BCUT2D eigenvalue weighted by Crippen LogP contribution is 1.94. The number of aromatic nitrogens is 1.